The molecule has 4 rings (SSSR count). The smallest absolute Gasteiger partial charge is 0.413 e. The molecule has 2 aliphatic heterocycles. The second-order valence-corrected chi connectivity index (χ2v) is 7.15. The number of piperidine rings is 1. The van der Waals surface area contributed by atoms with E-state index in [1.807, 2.05) is 19.1 Å². The van der Waals surface area contributed by atoms with Crippen molar-refractivity contribution in [2.75, 3.05) is 25.0 Å². The highest BCUT2D eigenvalue weighted by Gasteiger charge is 2.28. The highest BCUT2D eigenvalue weighted by molar-refractivity contribution is 5.88. The van der Waals surface area contributed by atoms with Crippen LogP contribution in [0.5, 0.6) is 11.5 Å². The van der Waals surface area contributed by atoms with Crippen molar-refractivity contribution in [1.29, 1.82) is 0 Å². The third-order valence-corrected chi connectivity index (χ3v) is 5.23. The Morgan fingerprint density at radius 2 is 2.10 bits per heavy atom. The number of fused-ring (bicyclic) bond motifs is 1. The van der Waals surface area contributed by atoms with Crippen LogP contribution in [0.3, 0.4) is 0 Å². The second-order valence-electron chi connectivity index (χ2n) is 7.15. The lowest BCUT2D eigenvalue weighted by molar-refractivity contribution is 0.150. The molecular weight excluding hydrogens is 370 g/mol. The molecule has 7 heteroatoms. The number of hydrogen-bond acceptors (Lipinski definition) is 6. The van der Waals surface area contributed by atoms with E-state index in [1.165, 1.54) is 0 Å². The van der Waals surface area contributed by atoms with Crippen LogP contribution in [-0.2, 0) is 11.3 Å². The van der Waals surface area contributed by atoms with Gasteiger partial charge in [-0.15, -0.1) is 0 Å². The number of carbonyl (C=O) groups excluding carboxylic acids is 1. The van der Waals surface area contributed by atoms with Crippen LogP contribution < -0.4 is 15.4 Å². The molecule has 1 amide bonds. The first-order valence-electron chi connectivity index (χ1n) is 9.80. The molecule has 1 aromatic carbocycles. The monoisotopic (exact) mass is 399 g/mol. The lowest BCUT2D eigenvalue weighted by Crippen LogP contribution is -2.29. The normalized spacial score (nSPS) is 16.2. The average Bonchev–Trinajstić information content (AvgIpc) is 2.72. The fourth-order valence-electron chi connectivity index (χ4n) is 3.85. The fraction of sp³-hybridized carbons (Fsp3) is 0.455. The van der Waals surface area contributed by atoms with Crippen molar-refractivity contribution < 1.29 is 19.4 Å². The standard InChI is InChI=1S/C21H25N3O4.CH4/c1-2-10-27-18-5-3-4-17(25)19(18)16-11-14(13-6-8-22-9-7-13)15-12-28-21(26)24-20(15)23-16;/h3-5,11,13,22,25H,2,6-10,12H2,1H3,(H,23,24,26);1H4. The number of carbonyl (C=O) groups is 1. The van der Waals surface area contributed by atoms with Crippen LogP contribution in [-0.4, -0.2) is 35.9 Å². The number of phenolic OH excluding ortho intramolecular Hbond substituents is 1. The van der Waals surface area contributed by atoms with Gasteiger partial charge in [-0.25, -0.2) is 9.78 Å². The van der Waals surface area contributed by atoms with Crippen molar-refractivity contribution in [2.45, 2.75) is 46.1 Å². The number of phenols is 1. The van der Waals surface area contributed by atoms with Crippen LogP contribution in [0.25, 0.3) is 11.3 Å². The predicted molar refractivity (Wildman–Crippen MR) is 113 cm³/mol. The topological polar surface area (TPSA) is 92.7 Å². The Balaban J connectivity index is 0.00000240. The van der Waals surface area contributed by atoms with Gasteiger partial charge in [-0.05, 0) is 62.0 Å². The number of cyclic esters (lactones) is 1. The molecule has 2 aromatic rings. The fourth-order valence-corrected chi connectivity index (χ4v) is 3.85. The molecule has 2 aliphatic rings. The lowest BCUT2D eigenvalue weighted by Gasteiger charge is -2.28. The molecular formula is C22H29N3O4. The maximum absolute atomic E-state index is 11.8. The Morgan fingerprint density at radius 3 is 2.86 bits per heavy atom. The number of amides is 1. The summed E-state index contributed by atoms with van der Waals surface area (Å²) in [7, 11) is 0. The SMILES string of the molecule is C.CCCOc1cccc(O)c1-c1cc(C2CCNCC2)c2c(n1)NC(=O)OC2. The summed E-state index contributed by atoms with van der Waals surface area (Å²) in [6.07, 6.45) is 2.36. The zero-order chi connectivity index (χ0) is 19.5. The molecule has 29 heavy (non-hydrogen) atoms. The van der Waals surface area contributed by atoms with Crippen LogP contribution in [0.1, 0.15) is 50.7 Å². The third kappa shape index (κ3) is 4.29. The molecule has 0 saturated carbocycles. The molecule has 156 valence electrons. The Bertz CT molecular complexity index is 879. The van der Waals surface area contributed by atoms with Crippen LogP contribution in [0.2, 0.25) is 0 Å². The Morgan fingerprint density at radius 1 is 1.31 bits per heavy atom. The minimum absolute atomic E-state index is 0. The zero-order valence-electron chi connectivity index (χ0n) is 16.0. The minimum atomic E-state index is -0.506. The summed E-state index contributed by atoms with van der Waals surface area (Å²) in [5.41, 5.74) is 3.18. The molecule has 7 nitrogen and oxygen atoms in total. The van der Waals surface area contributed by atoms with Crippen LogP contribution in [0.15, 0.2) is 24.3 Å². The van der Waals surface area contributed by atoms with Crippen LogP contribution in [0.4, 0.5) is 10.6 Å². The number of nitrogens with zero attached hydrogens (tertiary/aromatic N) is 1. The van der Waals surface area contributed by atoms with E-state index in [0.29, 0.717) is 35.3 Å². The molecule has 1 saturated heterocycles. The Hall–Kier alpha value is -2.80. The number of rotatable bonds is 5. The number of ether oxygens (including phenoxy) is 2. The summed E-state index contributed by atoms with van der Waals surface area (Å²) in [4.78, 5) is 16.4. The molecule has 0 bridgehead atoms. The van der Waals surface area contributed by atoms with Crippen molar-refractivity contribution in [3.05, 3.63) is 35.4 Å². The van der Waals surface area contributed by atoms with Gasteiger partial charge in [-0.2, -0.15) is 0 Å². The second kappa shape index (κ2) is 9.13. The maximum Gasteiger partial charge on any atom is 0.413 e. The van der Waals surface area contributed by atoms with Gasteiger partial charge in [0.25, 0.3) is 0 Å². The van der Waals surface area contributed by atoms with Gasteiger partial charge in [-0.3, -0.25) is 5.32 Å². The van der Waals surface area contributed by atoms with Crippen molar-refractivity contribution in [3.63, 3.8) is 0 Å². The summed E-state index contributed by atoms with van der Waals surface area (Å²) < 4.78 is 11.1. The quantitative estimate of drug-likeness (QED) is 0.690. The van der Waals surface area contributed by atoms with Crippen molar-refractivity contribution in [3.8, 4) is 22.8 Å². The molecule has 1 fully saturated rings. The van der Waals surface area contributed by atoms with Gasteiger partial charge in [-0.1, -0.05) is 20.4 Å². The van der Waals surface area contributed by atoms with Gasteiger partial charge in [0.15, 0.2) is 0 Å². The highest BCUT2D eigenvalue weighted by Crippen LogP contribution is 2.41. The molecule has 0 spiro atoms. The molecule has 0 radical (unpaired) electrons. The summed E-state index contributed by atoms with van der Waals surface area (Å²) in [5.74, 6) is 1.55. The van der Waals surface area contributed by atoms with E-state index < -0.39 is 6.09 Å². The molecule has 3 N–H and O–H groups in total. The van der Waals surface area contributed by atoms with Gasteiger partial charge in [0.05, 0.1) is 17.9 Å². The van der Waals surface area contributed by atoms with Crippen molar-refractivity contribution in [2.24, 2.45) is 0 Å². The number of aromatic hydroxyl groups is 1. The van der Waals surface area contributed by atoms with E-state index in [0.717, 1.165) is 43.5 Å². The minimum Gasteiger partial charge on any atom is -0.507 e. The van der Waals surface area contributed by atoms with Crippen molar-refractivity contribution >= 4 is 11.9 Å². The average molecular weight is 399 g/mol. The molecule has 0 aliphatic carbocycles. The number of benzene rings is 1. The van der Waals surface area contributed by atoms with E-state index in [-0.39, 0.29) is 19.8 Å². The number of nitrogens with one attached hydrogen (secondary N) is 2. The number of pyridine rings is 1. The van der Waals surface area contributed by atoms with Gasteiger partial charge in [0.2, 0.25) is 0 Å². The Labute approximate surface area is 171 Å². The summed E-state index contributed by atoms with van der Waals surface area (Å²) in [6, 6.07) is 7.23. The van der Waals surface area contributed by atoms with E-state index in [2.05, 4.69) is 15.6 Å². The first kappa shape index (κ1) is 20.9. The number of anilines is 1. The molecule has 0 atom stereocenters. The summed E-state index contributed by atoms with van der Waals surface area (Å²) in [6.45, 7) is 4.70. The van der Waals surface area contributed by atoms with Gasteiger partial charge in [0.1, 0.15) is 23.9 Å². The summed E-state index contributed by atoms with van der Waals surface area (Å²) >= 11 is 0. The molecule has 0 unspecified atom stereocenters. The first-order chi connectivity index (χ1) is 13.7. The van der Waals surface area contributed by atoms with Crippen LogP contribution >= 0.6 is 0 Å². The predicted octanol–water partition coefficient (Wildman–Crippen LogP) is 4.41. The van der Waals surface area contributed by atoms with Crippen LogP contribution in [0, 0.1) is 0 Å². The van der Waals surface area contributed by atoms with Gasteiger partial charge in [0, 0.05) is 5.56 Å². The van der Waals surface area contributed by atoms with E-state index in [1.54, 1.807) is 12.1 Å². The molecule has 1 aromatic heterocycles. The third-order valence-electron chi connectivity index (χ3n) is 5.23. The van der Waals surface area contributed by atoms with E-state index in [9.17, 15) is 9.90 Å². The zero-order valence-corrected chi connectivity index (χ0v) is 16.0. The van der Waals surface area contributed by atoms with Crippen molar-refractivity contribution in [1.82, 2.24) is 10.3 Å². The molecule has 3 heterocycles. The highest BCUT2D eigenvalue weighted by atomic mass is 16.5. The number of hydrogen-bond donors (Lipinski definition) is 3. The lowest BCUT2D eigenvalue weighted by atomic mass is 9.86. The maximum atomic E-state index is 11.8. The first-order valence-corrected chi connectivity index (χ1v) is 9.80. The number of aromatic nitrogens is 1. The van der Waals surface area contributed by atoms with Gasteiger partial charge >= 0.3 is 6.09 Å². The van der Waals surface area contributed by atoms with E-state index in [4.69, 9.17) is 9.47 Å². The summed E-state index contributed by atoms with van der Waals surface area (Å²) in [5, 5.41) is 16.7. The van der Waals surface area contributed by atoms with Gasteiger partial charge < -0.3 is 19.9 Å². The Kier molecular flexibility index (Phi) is 6.59. The van der Waals surface area contributed by atoms with E-state index >= 15 is 0 Å². The largest absolute Gasteiger partial charge is 0.507 e.